The molecule has 3 nitrogen and oxygen atoms in total. The SMILES string of the molecule is Clc1cc(CNC2CC2)cnc1OCc1ccc(Br)cc1. The summed E-state index contributed by atoms with van der Waals surface area (Å²) < 4.78 is 6.73. The molecule has 1 aromatic heterocycles. The highest BCUT2D eigenvalue weighted by Gasteiger charge is 2.20. The quantitative estimate of drug-likeness (QED) is 0.825. The van der Waals surface area contributed by atoms with Crippen molar-refractivity contribution < 1.29 is 4.74 Å². The molecule has 3 rings (SSSR count). The number of nitrogens with zero attached hydrogens (tertiary/aromatic N) is 1. The average molecular weight is 368 g/mol. The van der Waals surface area contributed by atoms with E-state index in [-0.39, 0.29) is 0 Å². The zero-order valence-corrected chi connectivity index (χ0v) is 13.8. The van der Waals surface area contributed by atoms with Gasteiger partial charge in [-0.1, -0.05) is 39.7 Å². The van der Waals surface area contributed by atoms with Crippen LogP contribution in [-0.4, -0.2) is 11.0 Å². The summed E-state index contributed by atoms with van der Waals surface area (Å²) in [4.78, 5) is 4.31. The molecular weight excluding hydrogens is 352 g/mol. The van der Waals surface area contributed by atoms with Crippen LogP contribution in [0.4, 0.5) is 0 Å². The normalized spacial score (nSPS) is 14.2. The first-order chi connectivity index (χ1) is 10.2. The van der Waals surface area contributed by atoms with E-state index in [2.05, 4.69) is 26.2 Å². The minimum atomic E-state index is 0.458. The first-order valence-corrected chi connectivity index (χ1v) is 8.13. The van der Waals surface area contributed by atoms with Crippen molar-refractivity contribution in [3.8, 4) is 5.88 Å². The van der Waals surface area contributed by atoms with Crippen LogP contribution in [0.25, 0.3) is 0 Å². The number of hydrogen-bond donors (Lipinski definition) is 1. The van der Waals surface area contributed by atoms with Gasteiger partial charge in [-0.3, -0.25) is 0 Å². The van der Waals surface area contributed by atoms with E-state index in [1.165, 1.54) is 12.8 Å². The number of benzene rings is 1. The van der Waals surface area contributed by atoms with E-state index in [1.807, 2.05) is 36.5 Å². The van der Waals surface area contributed by atoms with Crippen LogP contribution in [-0.2, 0) is 13.2 Å². The fraction of sp³-hybridized carbons (Fsp3) is 0.312. The highest BCUT2D eigenvalue weighted by Crippen LogP contribution is 2.24. The summed E-state index contributed by atoms with van der Waals surface area (Å²) in [5.41, 5.74) is 2.17. The Kier molecular flexibility index (Phi) is 4.78. The average Bonchev–Trinajstić information content (AvgIpc) is 3.30. The van der Waals surface area contributed by atoms with Crippen LogP contribution in [0.2, 0.25) is 5.02 Å². The number of rotatable bonds is 6. The van der Waals surface area contributed by atoms with Crippen molar-refractivity contribution in [3.05, 3.63) is 57.2 Å². The summed E-state index contributed by atoms with van der Waals surface area (Å²) in [6, 6.07) is 10.6. The van der Waals surface area contributed by atoms with Crippen LogP contribution in [0.3, 0.4) is 0 Å². The first-order valence-electron chi connectivity index (χ1n) is 6.96. The van der Waals surface area contributed by atoms with Crippen molar-refractivity contribution in [2.75, 3.05) is 0 Å². The van der Waals surface area contributed by atoms with Crippen molar-refractivity contribution in [2.24, 2.45) is 0 Å². The molecule has 2 aromatic rings. The third kappa shape index (κ3) is 4.43. The molecule has 0 aliphatic heterocycles. The van der Waals surface area contributed by atoms with Gasteiger partial charge in [-0.25, -0.2) is 4.98 Å². The van der Waals surface area contributed by atoms with Crippen LogP contribution >= 0.6 is 27.5 Å². The summed E-state index contributed by atoms with van der Waals surface area (Å²) in [5.74, 6) is 0.481. The Morgan fingerprint density at radius 1 is 1.24 bits per heavy atom. The Morgan fingerprint density at radius 3 is 2.67 bits per heavy atom. The topological polar surface area (TPSA) is 34.2 Å². The Labute approximate surface area is 137 Å². The molecule has 1 aliphatic rings. The van der Waals surface area contributed by atoms with E-state index in [9.17, 15) is 0 Å². The molecule has 110 valence electrons. The van der Waals surface area contributed by atoms with Gasteiger partial charge in [0.2, 0.25) is 5.88 Å². The zero-order valence-electron chi connectivity index (χ0n) is 11.5. The number of pyridine rings is 1. The summed E-state index contributed by atoms with van der Waals surface area (Å²) in [6.07, 6.45) is 4.36. The fourth-order valence-electron chi connectivity index (χ4n) is 1.95. The van der Waals surface area contributed by atoms with Crippen LogP contribution in [0.1, 0.15) is 24.0 Å². The minimum absolute atomic E-state index is 0.458. The van der Waals surface area contributed by atoms with Gasteiger partial charge in [0.05, 0.1) is 0 Å². The monoisotopic (exact) mass is 366 g/mol. The molecule has 0 bridgehead atoms. The molecule has 1 fully saturated rings. The highest BCUT2D eigenvalue weighted by atomic mass is 79.9. The summed E-state index contributed by atoms with van der Waals surface area (Å²) >= 11 is 9.64. The maximum absolute atomic E-state index is 6.23. The second-order valence-corrected chi connectivity index (χ2v) is 6.52. The van der Waals surface area contributed by atoms with Crippen LogP contribution in [0.5, 0.6) is 5.88 Å². The van der Waals surface area contributed by atoms with Gasteiger partial charge in [-0.2, -0.15) is 0 Å². The van der Waals surface area contributed by atoms with Gasteiger partial charge in [0.15, 0.2) is 0 Å². The number of nitrogens with one attached hydrogen (secondary N) is 1. The van der Waals surface area contributed by atoms with Gasteiger partial charge in [0.25, 0.3) is 0 Å². The number of halogens is 2. The van der Waals surface area contributed by atoms with E-state index >= 15 is 0 Å². The Balaban J connectivity index is 1.58. The number of aromatic nitrogens is 1. The molecule has 1 aromatic carbocycles. The number of ether oxygens (including phenoxy) is 1. The predicted octanol–water partition coefficient (Wildman–Crippen LogP) is 4.33. The lowest BCUT2D eigenvalue weighted by atomic mass is 10.2. The first kappa shape index (κ1) is 14.8. The van der Waals surface area contributed by atoms with Gasteiger partial charge in [-0.15, -0.1) is 0 Å². The molecule has 0 amide bonds. The lowest BCUT2D eigenvalue weighted by molar-refractivity contribution is 0.294. The molecule has 1 heterocycles. The third-order valence-corrected chi connectivity index (χ3v) is 4.12. The standard InChI is InChI=1S/C16H16BrClN2O/c17-13-3-1-11(2-4-13)10-21-16-15(18)7-12(9-20-16)8-19-14-5-6-14/h1-4,7,9,14,19H,5-6,8,10H2. The molecule has 1 saturated carbocycles. The Hall–Kier alpha value is -1.10. The molecule has 0 saturated heterocycles. The van der Waals surface area contributed by atoms with Gasteiger partial charge in [0, 0.05) is 23.3 Å². The molecule has 0 atom stereocenters. The molecule has 0 unspecified atom stereocenters. The van der Waals surface area contributed by atoms with Crippen LogP contribution in [0.15, 0.2) is 41.0 Å². The highest BCUT2D eigenvalue weighted by molar-refractivity contribution is 9.10. The van der Waals surface area contributed by atoms with Crippen LogP contribution < -0.4 is 10.1 Å². The van der Waals surface area contributed by atoms with E-state index in [4.69, 9.17) is 16.3 Å². The van der Waals surface area contributed by atoms with E-state index in [1.54, 1.807) is 0 Å². The summed E-state index contributed by atoms with van der Waals surface area (Å²) in [5, 5.41) is 4.00. The molecule has 0 spiro atoms. The van der Waals surface area contributed by atoms with E-state index < -0.39 is 0 Å². The summed E-state index contributed by atoms with van der Waals surface area (Å²) in [6.45, 7) is 1.27. The Bertz CT molecular complexity index is 614. The van der Waals surface area contributed by atoms with Crippen molar-refractivity contribution in [2.45, 2.75) is 32.0 Å². The molecule has 0 radical (unpaired) electrons. The Morgan fingerprint density at radius 2 is 2.00 bits per heavy atom. The van der Waals surface area contributed by atoms with E-state index in [0.29, 0.717) is 23.6 Å². The minimum Gasteiger partial charge on any atom is -0.472 e. The largest absolute Gasteiger partial charge is 0.472 e. The number of hydrogen-bond acceptors (Lipinski definition) is 3. The van der Waals surface area contributed by atoms with Crippen molar-refractivity contribution in [1.82, 2.24) is 10.3 Å². The van der Waals surface area contributed by atoms with Gasteiger partial charge in [-0.05, 0) is 42.2 Å². The van der Waals surface area contributed by atoms with Crippen molar-refractivity contribution in [3.63, 3.8) is 0 Å². The molecule has 1 aliphatic carbocycles. The molecule has 1 N–H and O–H groups in total. The molecular formula is C16H16BrClN2O. The van der Waals surface area contributed by atoms with Gasteiger partial charge < -0.3 is 10.1 Å². The van der Waals surface area contributed by atoms with Crippen molar-refractivity contribution in [1.29, 1.82) is 0 Å². The van der Waals surface area contributed by atoms with Crippen LogP contribution in [0, 0.1) is 0 Å². The zero-order chi connectivity index (χ0) is 14.7. The van der Waals surface area contributed by atoms with Gasteiger partial charge in [0.1, 0.15) is 11.6 Å². The predicted molar refractivity (Wildman–Crippen MR) is 87.6 cm³/mol. The smallest absolute Gasteiger partial charge is 0.232 e. The maximum atomic E-state index is 6.23. The second-order valence-electron chi connectivity index (χ2n) is 5.20. The molecule has 5 heteroatoms. The fourth-order valence-corrected chi connectivity index (χ4v) is 2.46. The van der Waals surface area contributed by atoms with E-state index in [0.717, 1.165) is 22.1 Å². The molecule has 21 heavy (non-hydrogen) atoms. The summed E-state index contributed by atoms with van der Waals surface area (Å²) in [7, 11) is 0. The lowest BCUT2D eigenvalue weighted by Crippen LogP contribution is -2.15. The second kappa shape index (κ2) is 6.77. The third-order valence-electron chi connectivity index (χ3n) is 3.33. The van der Waals surface area contributed by atoms with Gasteiger partial charge >= 0.3 is 0 Å². The maximum Gasteiger partial charge on any atom is 0.232 e. The lowest BCUT2D eigenvalue weighted by Gasteiger charge is -2.09. The van der Waals surface area contributed by atoms with Crippen molar-refractivity contribution >= 4 is 27.5 Å².